The summed E-state index contributed by atoms with van der Waals surface area (Å²) < 4.78 is 0. The van der Waals surface area contributed by atoms with Crippen LogP contribution in [-0.2, 0) is 0 Å². The average Bonchev–Trinajstić information content (AvgIpc) is 2.55. The zero-order chi connectivity index (χ0) is 17.1. The van der Waals surface area contributed by atoms with Gasteiger partial charge in [-0.1, -0.05) is 6.07 Å². The smallest absolute Gasteiger partial charge is 0.319 e. The van der Waals surface area contributed by atoms with E-state index in [2.05, 4.69) is 40.4 Å². The molecule has 24 heavy (non-hydrogen) atoms. The second-order valence-corrected chi connectivity index (χ2v) is 6.89. The molecule has 2 aromatic rings. The normalized spacial score (nSPS) is 16.5. The van der Waals surface area contributed by atoms with Crippen LogP contribution in [0, 0.1) is 6.92 Å². The van der Waals surface area contributed by atoms with Crippen molar-refractivity contribution in [1.29, 1.82) is 0 Å². The lowest BCUT2D eigenvalue weighted by Crippen LogP contribution is -2.47. The maximum Gasteiger partial charge on any atom is 0.319 e. The topological polar surface area (TPSA) is 57.3 Å². The standard InChI is InChI=1S/C19H26N4O/c1-13(2)23-9-6-16(7-10-23)21-19(24)22-17-12-14(3)11-15-5-4-8-20-18(15)17/h4-5,8,11-13,16H,6-7,9-10H2,1-3H3,(H2,21,22,24). The molecule has 1 aliphatic heterocycles. The molecule has 0 bridgehead atoms. The van der Waals surface area contributed by atoms with Gasteiger partial charge in [-0.2, -0.15) is 0 Å². The van der Waals surface area contributed by atoms with Crippen LogP contribution >= 0.6 is 0 Å². The monoisotopic (exact) mass is 326 g/mol. The quantitative estimate of drug-likeness (QED) is 0.907. The van der Waals surface area contributed by atoms with Gasteiger partial charge in [-0.3, -0.25) is 4.98 Å². The molecule has 2 N–H and O–H groups in total. The van der Waals surface area contributed by atoms with Crippen molar-refractivity contribution in [1.82, 2.24) is 15.2 Å². The summed E-state index contributed by atoms with van der Waals surface area (Å²) in [7, 11) is 0. The summed E-state index contributed by atoms with van der Waals surface area (Å²) in [4.78, 5) is 19.2. The van der Waals surface area contributed by atoms with E-state index in [-0.39, 0.29) is 12.1 Å². The minimum absolute atomic E-state index is 0.143. The van der Waals surface area contributed by atoms with E-state index in [0.29, 0.717) is 6.04 Å². The molecule has 0 spiro atoms. The van der Waals surface area contributed by atoms with Crippen LogP contribution in [0.2, 0.25) is 0 Å². The molecule has 1 aliphatic rings. The van der Waals surface area contributed by atoms with E-state index in [1.807, 2.05) is 25.1 Å². The number of anilines is 1. The average molecular weight is 326 g/mol. The minimum atomic E-state index is -0.143. The third-order valence-corrected chi connectivity index (χ3v) is 4.69. The highest BCUT2D eigenvalue weighted by atomic mass is 16.2. The van der Waals surface area contributed by atoms with Crippen LogP contribution in [0.3, 0.4) is 0 Å². The van der Waals surface area contributed by atoms with Crippen LogP contribution in [0.15, 0.2) is 30.5 Å². The number of hydrogen-bond acceptors (Lipinski definition) is 3. The number of nitrogens with one attached hydrogen (secondary N) is 2. The minimum Gasteiger partial charge on any atom is -0.335 e. The van der Waals surface area contributed by atoms with Crippen molar-refractivity contribution in [3.05, 3.63) is 36.0 Å². The Balaban J connectivity index is 1.64. The van der Waals surface area contributed by atoms with E-state index < -0.39 is 0 Å². The predicted octanol–water partition coefficient (Wildman–Crippen LogP) is 3.54. The summed E-state index contributed by atoms with van der Waals surface area (Å²) >= 11 is 0. The number of rotatable bonds is 3. The van der Waals surface area contributed by atoms with Gasteiger partial charge in [0, 0.05) is 36.8 Å². The molecule has 128 valence electrons. The number of carbonyl (C=O) groups is 1. The van der Waals surface area contributed by atoms with Gasteiger partial charge in [0.25, 0.3) is 0 Å². The number of carbonyl (C=O) groups excluding carboxylic acids is 1. The van der Waals surface area contributed by atoms with E-state index >= 15 is 0 Å². The molecule has 2 heterocycles. The molecule has 5 nitrogen and oxygen atoms in total. The van der Waals surface area contributed by atoms with Crippen LogP contribution in [0.4, 0.5) is 10.5 Å². The highest BCUT2D eigenvalue weighted by molar-refractivity contribution is 6.00. The molecule has 0 radical (unpaired) electrons. The predicted molar refractivity (Wildman–Crippen MR) is 98.4 cm³/mol. The van der Waals surface area contributed by atoms with Crippen molar-refractivity contribution in [3.63, 3.8) is 0 Å². The summed E-state index contributed by atoms with van der Waals surface area (Å²) in [6.07, 6.45) is 3.75. The number of hydrogen-bond donors (Lipinski definition) is 2. The first-order chi connectivity index (χ1) is 11.5. The summed E-state index contributed by atoms with van der Waals surface area (Å²) in [6.45, 7) is 8.54. The maximum absolute atomic E-state index is 12.4. The molecular weight excluding hydrogens is 300 g/mol. The van der Waals surface area contributed by atoms with Crippen LogP contribution < -0.4 is 10.6 Å². The molecule has 5 heteroatoms. The number of urea groups is 1. The molecule has 0 unspecified atom stereocenters. The zero-order valence-electron chi connectivity index (χ0n) is 14.7. The Labute approximate surface area is 143 Å². The zero-order valence-corrected chi connectivity index (χ0v) is 14.7. The van der Waals surface area contributed by atoms with Crippen LogP contribution in [0.5, 0.6) is 0 Å². The van der Waals surface area contributed by atoms with E-state index in [0.717, 1.165) is 48.1 Å². The lowest BCUT2D eigenvalue weighted by molar-refractivity contribution is 0.163. The molecule has 1 saturated heterocycles. The SMILES string of the molecule is Cc1cc(NC(=O)NC2CCN(C(C)C)CC2)c2ncccc2c1. The second kappa shape index (κ2) is 7.18. The first-order valence-electron chi connectivity index (χ1n) is 8.70. The number of benzene rings is 1. The van der Waals surface area contributed by atoms with Crippen molar-refractivity contribution in [3.8, 4) is 0 Å². The highest BCUT2D eigenvalue weighted by Crippen LogP contribution is 2.23. The fourth-order valence-electron chi connectivity index (χ4n) is 3.34. The Bertz CT molecular complexity index is 720. The first kappa shape index (κ1) is 16.7. The Hall–Kier alpha value is -2.14. The molecule has 0 aliphatic carbocycles. The molecule has 1 aromatic heterocycles. The number of likely N-dealkylation sites (tertiary alicyclic amines) is 1. The fraction of sp³-hybridized carbons (Fsp3) is 0.474. The third-order valence-electron chi connectivity index (χ3n) is 4.69. The molecule has 3 rings (SSSR count). The number of fused-ring (bicyclic) bond motifs is 1. The number of piperidine rings is 1. The number of pyridine rings is 1. The Morgan fingerprint density at radius 2 is 2.04 bits per heavy atom. The molecule has 0 atom stereocenters. The van der Waals surface area contributed by atoms with E-state index in [1.165, 1.54) is 0 Å². The summed E-state index contributed by atoms with van der Waals surface area (Å²) in [5, 5.41) is 7.13. The molecule has 1 aromatic carbocycles. The van der Waals surface area contributed by atoms with Crippen LogP contribution in [0.1, 0.15) is 32.3 Å². The maximum atomic E-state index is 12.4. The Morgan fingerprint density at radius 3 is 2.75 bits per heavy atom. The fourth-order valence-corrected chi connectivity index (χ4v) is 3.34. The van der Waals surface area contributed by atoms with E-state index in [4.69, 9.17) is 0 Å². The van der Waals surface area contributed by atoms with Gasteiger partial charge >= 0.3 is 6.03 Å². The van der Waals surface area contributed by atoms with Crippen molar-refractivity contribution >= 4 is 22.6 Å². The van der Waals surface area contributed by atoms with Crippen LogP contribution in [-0.4, -0.2) is 41.1 Å². The molecule has 0 saturated carbocycles. The Morgan fingerprint density at radius 1 is 1.29 bits per heavy atom. The van der Waals surface area contributed by atoms with Gasteiger partial charge in [0.05, 0.1) is 11.2 Å². The number of nitrogens with zero attached hydrogens (tertiary/aromatic N) is 2. The highest BCUT2D eigenvalue weighted by Gasteiger charge is 2.22. The van der Waals surface area contributed by atoms with Gasteiger partial charge < -0.3 is 15.5 Å². The summed E-state index contributed by atoms with van der Waals surface area (Å²) in [6, 6.07) is 8.64. The number of aromatic nitrogens is 1. The lowest BCUT2D eigenvalue weighted by Gasteiger charge is -2.34. The van der Waals surface area contributed by atoms with Crippen molar-refractivity contribution < 1.29 is 4.79 Å². The largest absolute Gasteiger partial charge is 0.335 e. The first-order valence-corrected chi connectivity index (χ1v) is 8.70. The summed E-state index contributed by atoms with van der Waals surface area (Å²) in [5.41, 5.74) is 2.70. The Kier molecular flexibility index (Phi) is 5.00. The van der Waals surface area contributed by atoms with Gasteiger partial charge in [0.15, 0.2) is 0 Å². The van der Waals surface area contributed by atoms with Gasteiger partial charge in [0.1, 0.15) is 0 Å². The second-order valence-electron chi connectivity index (χ2n) is 6.89. The molecule has 2 amide bonds. The van der Waals surface area contributed by atoms with Crippen molar-refractivity contribution in [2.24, 2.45) is 0 Å². The van der Waals surface area contributed by atoms with Gasteiger partial charge in [0.2, 0.25) is 0 Å². The third kappa shape index (κ3) is 3.85. The van der Waals surface area contributed by atoms with Gasteiger partial charge in [-0.25, -0.2) is 4.79 Å². The lowest BCUT2D eigenvalue weighted by atomic mass is 10.0. The number of aryl methyl sites for hydroxylation is 1. The van der Waals surface area contributed by atoms with E-state index in [9.17, 15) is 4.79 Å². The van der Waals surface area contributed by atoms with Gasteiger partial charge in [-0.05, 0) is 57.4 Å². The van der Waals surface area contributed by atoms with Crippen molar-refractivity contribution in [2.45, 2.75) is 45.7 Å². The van der Waals surface area contributed by atoms with E-state index in [1.54, 1.807) is 6.20 Å². The van der Waals surface area contributed by atoms with Crippen molar-refractivity contribution in [2.75, 3.05) is 18.4 Å². The summed E-state index contributed by atoms with van der Waals surface area (Å²) in [5.74, 6) is 0. The molecular formula is C19H26N4O. The van der Waals surface area contributed by atoms with Crippen LogP contribution in [0.25, 0.3) is 10.9 Å². The molecule has 1 fully saturated rings. The number of amides is 2. The van der Waals surface area contributed by atoms with Gasteiger partial charge in [-0.15, -0.1) is 0 Å².